The minimum absolute atomic E-state index is 0.0340. The number of nitrogens with one attached hydrogen (secondary N) is 1. The predicted octanol–water partition coefficient (Wildman–Crippen LogP) is 1.44. The van der Waals surface area contributed by atoms with Crippen LogP contribution in [0.5, 0.6) is 0 Å². The molecule has 0 unspecified atom stereocenters. The third-order valence-corrected chi connectivity index (χ3v) is 4.88. The van der Waals surface area contributed by atoms with Gasteiger partial charge in [-0.05, 0) is 25.0 Å². The second-order valence-corrected chi connectivity index (χ2v) is 6.30. The standard InChI is InChI=1S/C18H25N3O3/c1-19-16-5-3-2-4-15(16)18(23)20-8-6-14(7-9-20)17(22)21-10-12-24-13-11-21/h2-5,14,19H,6-13H2,1H3. The lowest BCUT2D eigenvalue weighted by Crippen LogP contribution is -2.47. The molecule has 2 aliphatic rings. The Morgan fingerprint density at radius 1 is 1.04 bits per heavy atom. The first-order valence-electron chi connectivity index (χ1n) is 8.63. The van der Waals surface area contributed by atoms with Crippen molar-refractivity contribution < 1.29 is 14.3 Å². The van der Waals surface area contributed by atoms with E-state index in [1.165, 1.54) is 0 Å². The second-order valence-electron chi connectivity index (χ2n) is 6.30. The molecule has 2 amide bonds. The summed E-state index contributed by atoms with van der Waals surface area (Å²) in [5, 5.41) is 3.07. The first kappa shape index (κ1) is 16.8. The quantitative estimate of drug-likeness (QED) is 0.910. The van der Waals surface area contributed by atoms with Gasteiger partial charge < -0.3 is 19.9 Å². The molecule has 130 valence electrons. The van der Waals surface area contributed by atoms with Crippen LogP contribution in [0.2, 0.25) is 0 Å². The van der Waals surface area contributed by atoms with Gasteiger partial charge in [-0.2, -0.15) is 0 Å². The van der Waals surface area contributed by atoms with Crippen molar-refractivity contribution in [3.63, 3.8) is 0 Å². The smallest absolute Gasteiger partial charge is 0.255 e. The van der Waals surface area contributed by atoms with Crippen LogP contribution in [-0.4, -0.2) is 68.1 Å². The normalized spacial score (nSPS) is 19.2. The van der Waals surface area contributed by atoms with Crippen LogP contribution < -0.4 is 5.32 Å². The molecule has 2 aliphatic heterocycles. The van der Waals surface area contributed by atoms with E-state index in [9.17, 15) is 9.59 Å². The Balaban J connectivity index is 1.58. The van der Waals surface area contributed by atoms with E-state index in [1.54, 1.807) is 0 Å². The number of benzene rings is 1. The maximum Gasteiger partial charge on any atom is 0.255 e. The fourth-order valence-electron chi connectivity index (χ4n) is 3.43. The molecule has 0 saturated carbocycles. The third-order valence-electron chi connectivity index (χ3n) is 4.88. The average Bonchev–Trinajstić information content (AvgIpc) is 2.67. The number of ether oxygens (including phenoxy) is 1. The molecule has 2 fully saturated rings. The van der Waals surface area contributed by atoms with Crippen LogP contribution in [0, 0.1) is 5.92 Å². The number of amides is 2. The average molecular weight is 331 g/mol. The molecule has 24 heavy (non-hydrogen) atoms. The maximum atomic E-state index is 12.7. The summed E-state index contributed by atoms with van der Waals surface area (Å²) in [6.07, 6.45) is 1.48. The van der Waals surface area contributed by atoms with Gasteiger partial charge in [0.25, 0.3) is 5.91 Å². The lowest BCUT2D eigenvalue weighted by molar-refractivity contribution is -0.141. The number of anilines is 1. The number of nitrogens with zero attached hydrogens (tertiary/aromatic N) is 2. The summed E-state index contributed by atoms with van der Waals surface area (Å²) in [4.78, 5) is 29.1. The fourth-order valence-corrected chi connectivity index (χ4v) is 3.43. The van der Waals surface area contributed by atoms with E-state index in [0.29, 0.717) is 45.0 Å². The highest BCUT2D eigenvalue weighted by Gasteiger charge is 2.31. The topological polar surface area (TPSA) is 61.9 Å². The van der Waals surface area contributed by atoms with Gasteiger partial charge in [-0.3, -0.25) is 9.59 Å². The number of carbonyl (C=O) groups is 2. The molecular formula is C18H25N3O3. The molecule has 0 radical (unpaired) electrons. The van der Waals surface area contributed by atoms with E-state index in [2.05, 4.69) is 5.32 Å². The zero-order valence-electron chi connectivity index (χ0n) is 14.2. The molecule has 2 heterocycles. The van der Waals surface area contributed by atoms with Crippen molar-refractivity contribution in [3.8, 4) is 0 Å². The van der Waals surface area contributed by atoms with Crippen molar-refractivity contribution in [1.82, 2.24) is 9.80 Å². The molecule has 1 N–H and O–H groups in total. The van der Waals surface area contributed by atoms with E-state index in [-0.39, 0.29) is 17.7 Å². The van der Waals surface area contributed by atoms with E-state index in [0.717, 1.165) is 18.5 Å². The molecule has 0 aromatic heterocycles. The molecule has 0 atom stereocenters. The number of morpholine rings is 1. The van der Waals surface area contributed by atoms with Gasteiger partial charge in [-0.25, -0.2) is 0 Å². The van der Waals surface area contributed by atoms with Gasteiger partial charge in [0.05, 0.1) is 18.8 Å². The molecule has 3 rings (SSSR count). The van der Waals surface area contributed by atoms with Crippen molar-refractivity contribution in [1.29, 1.82) is 0 Å². The van der Waals surface area contributed by atoms with E-state index >= 15 is 0 Å². The van der Waals surface area contributed by atoms with Crippen LogP contribution >= 0.6 is 0 Å². The maximum absolute atomic E-state index is 12.7. The highest BCUT2D eigenvalue weighted by molar-refractivity contribution is 5.99. The Kier molecular flexibility index (Phi) is 5.35. The van der Waals surface area contributed by atoms with Crippen molar-refractivity contribution in [2.45, 2.75) is 12.8 Å². The highest BCUT2D eigenvalue weighted by Crippen LogP contribution is 2.24. The number of para-hydroxylation sites is 1. The Morgan fingerprint density at radius 2 is 1.71 bits per heavy atom. The highest BCUT2D eigenvalue weighted by atomic mass is 16.5. The molecule has 6 heteroatoms. The SMILES string of the molecule is CNc1ccccc1C(=O)N1CCC(C(=O)N2CCOCC2)CC1. The van der Waals surface area contributed by atoms with Crippen LogP contribution in [0.4, 0.5) is 5.69 Å². The van der Waals surface area contributed by atoms with Crippen molar-refractivity contribution >= 4 is 17.5 Å². The van der Waals surface area contributed by atoms with Crippen LogP contribution in [-0.2, 0) is 9.53 Å². The van der Waals surface area contributed by atoms with Crippen molar-refractivity contribution in [2.24, 2.45) is 5.92 Å². The van der Waals surface area contributed by atoms with E-state index in [1.807, 2.05) is 41.1 Å². The van der Waals surface area contributed by atoms with Gasteiger partial charge in [-0.1, -0.05) is 12.1 Å². The first-order chi connectivity index (χ1) is 11.7. The van der Waals surface area contributed by atoms with E-state index < -0.39 is 0 Å². The summed E-state index contributed by atoms with van der Waals surface area (Å²) in [5.74, 6) is 0.296. The van der Waals surface area contributed by atoms with Gasteiger partial charge in [-0.15, -0.1) is 0 Å². The number of hydrogen-bond acceptors (Lipinski definition) is 4. The largest absolute Gasteiger partial charge is 0.387 e. The number of piperidine rings is 1. The molecule has 0 aliphatic carbocycles. The summed E-state index contributed by atoms with van der Waals surface area (Å²) in [7, 11) is 1.82. The minimum Gasteiger partial charge on any atom is -0.387 e. The Hall–Kier alpha value is -2.08. The summed E-state index contributed by atoms with van der Waals surface area (Å²) in [5.41, 5.74) is 1.53. The lowest BCUT2D eigenvalue weighted by atomic mass is 9.94. The van der Waals surface area contributed by atoms with Crippen LogP contribution in [0.25, 0.3) is 0 Å². The first-order valence-corrected chi connectivity index (χ1v) is 8.63. The Bertz CT molecular complexity index is 591. The lowest BCUT2D eigenvalue weighted by Gasteiger charge is -2.35. The number of likely N-dealkylation sites (tertiary alicyclic amines) is 1. The molecular weight excluding hydrogens is 306 g/mol. The van der Waals surface area contributed by atoms with Gasteiger partial charge in [0, 0.05) is 44.8 Å². The molecule has 2 saturated heterocycles. The fraction of sp³-hybridized carbons (Fsp3) is 0.556. The summed E-state index contributed by atoms with van der Waals surface area (Å²) >= 11 is 0. The number of carbonyl (C=O) groups excluding carboxylic acids is 2. The monoisotopic (exact) mass is 331 g/mol. The minimum atomic E-state index is 0.0340. The summed E-state index contributed by atoms with van der Waals surface area (Å²) in [6, 6.07) is 7.54. The van der Waals surface area contributed by atoms with Crippen molar-refractivity contribution in [3.05, 3.63) is 29.8 Å². The molecule has 0 spiro atoms. The van der Waals surface area contributed by atoms with Gasteiger partial charge >= 0.3 is 0 Å². The molecule has 1 aromatic rings. The van der Waals surface area contributed by atoms with Gasteiger partial charge in [0.1, 0.15) is 0 Å². The molecule has 6 nitrogen and oxygen atoms in total. The zero-order valence-corrected chi connectivity index (χ0v) is 14.2. The summed E-state index contributed by atoms with van der Waals surface area (Å²) < 4.78 is 5.30. The number of rotatable bonds is 3. The number of hydrogen-bond donors (Lipinski definition) is 1. The van der Waals surface area contributed by atoms with E-state index in [4.69, 9.17) is 4.74 Å². The zero-order chi connectivity index (χ0) is 16.9. The molecule has 1 aromatic carbocycles. The van der Waals surface area contributed by atoms with Crippen LogP contribution in [0.15, 0.2) is 24.3 Å². The second kappa shape index (κ2) is 7.66. The van der Waals surface area contributed by atoms with Gasteiger partial charge in [0.2, 0.25) is 5.91 Å². The van der Waals surface area contributed by atoms with Crippen LogP contribution in [0.1, 0.15) is 23.2 Å². The predicted molar refractivity (Wildman–Crippen MR) is 92.0 cm³/mol. The third kappa shape index (κ3) is 3.53. The molecule has 0 bridgehead atoms. The Morgan fingerprint density at radius 3 is 2.38 bits per heavy atom. The van der Waals surface area contributed by atoms with Gasteiger partial charge in [0.15, 0.2) is 0 Å². The Labute approximate surface area is 142 Å². The summed E-state index contributed by atoms with van der Waals surface area (Å²) in [6.45, 7) is 3.91. The van der Waals surface area contributed by atoms with Crippen LogP contribution in [0.3, 0.4) is 0 Å². The van der Waals surface area contributed by atoms with Crippen molar-refractivity contribution in [2.75, 3.05) is 51.8 Å².